The average Bonchev–Trinajstić information content (AvgIpc) is 2.72. The van der Waals surface area contributed by atoms with Crippen molar-refractivity contribution in [1.82, 2.24) is 4.90 Å². The Bertz CT molecular complexity index is 863. The van der Waals surface area contributed by atoms with Crippen molar-refractivity contribution in [3.05, 3.63) is 58.6 Å². The third kappa shape index (κ3) is 4.57. The Morgan fingerprint density at radius 3 is 2.50 bits per heavy atom. The highest BCUT2D eigenvalue weighted by Crippen LogP contribution is 2.30. The average molecular weight is 403 g/mol. The van der Waals surface area contributed by atoms with Crippen molar-refractivity contribution in [2.24, 2.45) is 11.7 Å². The lowest BCUT2D eigenvalue weighted by molar-refractivity contribution is -0.123. The predicted octanol–water partition coefficient (Wildman–Crippen LogP) is 3.27. The molecule has 0 unspecified atom stereocenters. The highest BCUT2D eigenvalue weighted by atomic mass is 35.5. The number of benzene rings is 2. The number of halogens is 1. The number of nitrogens with zero attached hydrogens (tertiary/aromatic N) is 1. The molecule has 7 heteroatoms. The number of ether oxygens (including phenoxy) is 2. The lowest BCUT2D eigenvalue weighted by Gasteiger charge is -2.30. The monoisotopic (exact) mass is 402 g/mol. The van der Waals surface area contributed by atoms with Gasteiger partial charge in [-0.25, -0.2) is 0 Å². The van der Waals surface area contributed by atoms with Gasteiger partial charge in [0.2, 0.25) is 5.91 Å². The predicted molar refractivity (Wildman–Crippen MR) is 107 cm³/mol. The second kappa shape index (κ2) is 8.97. The summed E-state index contributed by atoms with van der Waals surface area (Å²) < 4.78 is 11.2. The Morgan fingerprint density at radius 2 is 1.86 bits per heavy atom. The van der Waals surface area contributed by atoms with E-state index in [1.54, 1.807) is 29.2 Å². The molecule has 3 rings (SSSR count). The van der Waals surface area contributed by atoms with E-state index in [0.717, 1.165) is 5.56 Å². The van der Waals surface area contributed by atoms with Gasteiger partial charge in [0.05, 0.1) is 7.11 Å². The molecule has 1 aliphatic heterocycles. The van der Waals surface area contributed by atoms with E-state index < -0.39 is 0 Å². The molecule has 148 valence electrons. The number of hydrogen-bond acceptors (Lipinski definition) is 4. The number of amides is 2. The van der Waals surface area contributed by atoms with Crippen molar-refractivity contribution in [1.29, 1.82) is 0 Å². The fraction of sp³-hybridized carbons (Fsp3) is 0.333. The SMILES string of the molecule is COc1cc(C(=O)N2CCC(C(N)=O)CC2)ccc1OCc1ccccc1Cl. The van der Waals surface area contributed by atoms with Gasteiger partial charge < -0.3 is 20.1 Å². The molecule has 2 N–H and O–H groups in total. The Labute approximate surface area is 169 Å². The van der Waals surface area contributed by atoms with Gasteiger partial charge in [-0.2, -0.15) is 0 Å². The first-order chi connectivity index (χ1) is 13.5. The van der Waals surface area contributed by atoms with Gasteiger partial charge >= 0.3 is 0 Å². The topological polar surface area (TPSA) is 81.9 Å². The highest BCUT2D eigenvalue weighted by molar-refractivity contribution is 6.31. The van der Waals surface area contributed by atoms with Gasteiger partial charge in [0.15, 0.2) is 11.5 Å². The standard InChI is InChI=1S/C21H23ClN2O4/c1-27-19-12-15(21(26)24-10-8-14(9-11-24)20(23)25)6-7-18(19)28-13-16-4-2-3-5-17(16)22/h2-7,12,14H,8-11,13H2,1H3,(H2,23,25). The summed E-state index contributed by atoms with van der Waals surface area (Å²) in [4.78, 5) is 25.8. The minimum absolute atomic E-state index is 0.0983. The number of methoxy groups -OCH3 is 1. The number of primary amides is 1. The fourth-order valence-corrected chi connectivity index (χ4v) is 3.43. The van der Waals surface area contributed by atoms with E-state index in [1.165, 1.54) is 7.11 Å². The van der Waals surface area contributed by atoms with E-state index in [-0.39, 0.29) is 17.7 Å². The van der Waals surface area contributed by atoms with Gasteiger partial charge in [-0.05, 0) is 37.1 Å². The quantitative estimate of drug-likeness (QED) is 0.803. The van der Waals surface area contributed by atoms with E-state index >= 15 is 0 Å². The van der Waals surface area contributed by atoms with Crippen LogP contribution in [0, 0.1) is 5.92 Å². The van der Waals surface area contributed by atoms with Crippen molar-refractivity contribution in [3.8, 4) is 11.5 Å². The summed E-state index contributed by atoms with van der Waals surface area (Å²) in [7, 11) is 1.53. The smallest absolute Gasteiger partial charge is 0.253 e. The number of piperidine rings is 1. The number of likely N-dealkylation sites (tertiary alicyclic amines) is 1. The van der Waals surface area contributed by atoms with Crippen LogP contribution in [0.15, 0.2) is 42.5 Å². The first-order valence-corrected chi connectivity index (χ1v) is 9.50. The van der Waals surface area contributed by atoms with Gasteiger partial charge in [0.1, 0.15) is 6.61 Å². The van der Waals surface area contributed by atoms with Crippen LogP contribution in [0.3, 0.4) is 0 Å². The van der Waals surface area contributed by atoms with E-state index in [0.29, 0.717) is 54.6 Å². The van der Waals surface area contributed by atoms with Gasteiger partial charge in [-0.15, -0.1) is 0 Å². The van der Waals surface area contributed by atoms with E-state index in [1.807, 2.05) is 18.2 Å². The van der Waals surface area contributed by atoms with Crippen LogP contribution in [0.1, 0.15) is 28.8 Å². The minimum atomic E-state index is -0.297. The molecule has 0 spiro atoms. The van der Waals surface area contributed by atoms with Gasteiger partial charge in [0.25, 0.3) is 5.91 Å². The lowest BCUT2D eigenvalue weighted by atomic mass is 9.96. The van der Waals surface area contributed by atoms with Crippen LogP contribution in [0.25, 0.3) is 0 Å². The van der Waals surface area contributed by atoms with Crippen LogP contribution in [0.5, 0.6) is 11.5 Å². The maximum Gasteiger partial charge on any atom is 0.253 e. The zero-order valence-corrected chi connectivity index (χ0v) is 16.4. The van der Waals surface area contributed by atoms with Crippen LogP contribution in [-0.2, 0) is 11.4 Å². The van der Waals surface area contributed by atoms with Gasteiger partial charge in [-0.1, -0.05) is 29.8 Å². The first kappa shape index (κ1) is 20.0. The molecule has 0 atom stereocenters. The molecule has 0 saturated carbocycles. The van der Waals surface area contributed by atoms with Crippen LogP contribution >= 0.6 is 11.6 Å². The van der Waals surface area contributed by atoms with Crippen molar-refractivity contribution in [2.75, 3.05) is 20.2 Å². The summed E-state index contributed by atoms with van der Waals surface area (Å²) in [5.74, 6) is 0.461. The van der Waals surface area contributed by atoms with E-state index in [4.69, 9.17) is 26.8 Å². The summed E-state index contributed by atoms with van der Waals surface area (Å²) in [6, 6.07) is 12.6. The Hall–Kier alpha value is -2.73. The highest BCUT2D eigenvalue weighted by Gasteiger charge is 2.27. The maximum atomic E-state index is 12.8. The number of rotatable bonds is 6. The van der Waals surface area contributed by atoms with Crippen LogP contribution in [-0.4, -0.2) is 36.9 Å². The summed E-state index contributed by atoms with van der Waals surface area (Å²) in [6.07, 6.45) is 1.19. The number of hydrogen-bond donors (Lipinski definition) is 1. The van der Waals surface area contributed by atoms with Crippen molar-refractivity contribution in [3.63, 3.8) is 0 Å². The van der Waals surface area contributed by atoms with Crippen molar-refractivity contribution in [2.45, 2.75) is 19.4 Å². The van der Waals surface area contributed by atoms with Crippen LogP contribution < -0.4 is 15.2 Å². The van der Waals surface area contributed by atoms with Gasteiger partial charge in [-0.3, -0.25) is 9.59 Å². The third-order valence-electron chi connectivity index (χ3n) is 4.94. The Kier molecular flexibility index (Phi) is 6.41. The Morgan fingerprint density at radius 1 is 1.14 bits per heavy atom. The normalized spacial score (nSPS) is 14.6. The zero-order chi connectivity index (χ0) is 20.1. The maximum absolute atomic E-state index is 12.8. The molecule has 28 heavy (non-hydrogen) atoms. The largest absolute Gasteiger partial charge is 0.493 e. The first-order valence-electron chi connectivity index (χ1n) is 9.12. The fourth-order valence-electron chi connectivity index (χ4n) is 3.24. The molecule has 1 aliphatic rings. The minimum Gasteiger partial charge on any atom is -0.493 e. The molecular formula is C21H23ClN2O4. The van der Waals surface area contributed by atoms with Crippen molar-refractivity contribution >= 4 is 23.4 Å². The lowest BCUT2D eigenvalue weighted by Crippen LogP contribution is -2.41. The summed E-state index contributed by atoms with van der Waals surface area (Å²) >= 11 is 6.16. The molecule has 6 nitrogen and oxygen atoms in total. The van der Waals surface area contributed by atoms with Crippen LogP contribution in [0.4, 0.5) is 0 Å². The number of carbonyl (C=O) groups excluding carboxylic acids is 2. The second-order valence-electron chi connectivity index (χ2n) is 6.71. The molecule has 2 amide bonds. The number of nitrogens with two attached hydrogens (primary N) is 1. The van der Waals surface area contributed by atoms with Crippen LogP contribution in [0.2, 0.25) is 5.02 Å². The van der Waals surface area contributed by atoms with E-state index in [9.17, 15) is 9.59 Å². The van der Waals surface area contributed by atoms with Crippen molar-refractivity contribution < 1.29 is 19.1 Å². The Balaban J connectivity index is 1.68. The molecule has 0 aliphatic carbocycles. The molecule has 2 aromatic carbocycles. The molecule has 1 heterocycles. The molecule has 0 radical (unpaired) electrons. The summed E-state index contributed by atoms with van der Waals surface area (Å²) in [6.45, 7) is 1.32. The number of carbonyl (C=O) groups is 2. The molecule has 2 aromatic rings. The molecular weight excluding hydrogens is 380 g/mol. The molecule has 0 bridgehead atoms. The third-order valence-corrected chi connectivity index (χ3v) is 5.30. The summed E-state index contributed by atoms with van der Waals surface area (Å²) in [5, 5.41) is 0.632. The molecule has 1 fully saturated rings. The molecule has 1 saturated heterocycles. The second-order valence-corrected chi connectivity index (χ2v) is 7.12. The van der Waals surface area contributed by atoms with Gasteiger partial charge in [0, 0.05) is 35.2 Å². The molecule has 0 aromatic heterocycles. The zero-order valence-electron chi connectivity index (χ0n) is 15.7. The van der Waals surface area contributed by atoms with E-state index in [2.05, 4.69) is 0 Å². The summed E-state index contributed by atoms with van der Waals surface area (Å²) in [5.41, 5.74) is 6.73.